The average Bonchev–Trinajstić information content (AvgIpc) is 3.24. The summed E-state index contributed by atoms with van der Waals surface area (Å²) in [4.78, 5) is 15.3. The van der Waals surface area contributed by atoms with Crippen LogP contribution < -0.4 is 0 Å². The number of aliphatic hydroxyl groups excluding tert-OH is 1. The molecular weight excluding hydrogens is 358 g/mol. The molecule has 2 heterocycles. The number of allylic oxidation sites excluding steroid dienone is 1. The molecule has 0 bridgehead atoms. The lowest BCUT2D eigenvalue weighted by molar-refractivity contribution is 0.401. The second-order valence-electron chi connectivity index (χ2n) is 6.30. The topological polar surface area (TPSA) is 101 Å². The Morgan fingerprint density at radius 2 is 1.89 bits per heavy atom. The second-order valence-corrected chi connectivity index (χ2v) is 7.63. The molecule has 4 rings (SSSR count). The fraction of sp³-hybridized carbons (Fsp3) is 0.150. The minimum absolute atomic E-state index is 0.0295. The van der Waals surface area contributed by atoms with Crippen molar-refractivity contribution in [2.45, 2.75) is 24.3 Å². The molecule has 0 aliphatic rings. The Labute approximate surface area is 160 Å². The minimum atomic E-state index is -0.366. The zero-order chi connectivity index (χ0) is 19.0. The highest BCUT2D eigenvalue weighted by Gasteiger charge is 2.20. The number of nitrogens with one attached hydrogen (secondary N) is 2. The van der Waals surface area contributed by atoms with E-state index < -0.39 is 0 Å². The van der Waals surface area contributed by atoms with Crippen molar-refractivity contribution in [1.82, 2.24) is 19.9 Å². The lowest BCUT2D eigenvalue weighted by atomic mass is 10.2. The molecule has 2 aromatic heterocycles. The number of aryl methyl sites for hydroxylation is 1. The quantitative estimate of drug-likeness (QED) is 0.272. The van der Waals surface area contributed by atoms with Gasteiger partial charge in [-0.2, -0.15) is 5.26 Å². The van der Waals surface area contributed by atoms with Gasteiger partial charge in [0.1, 0.15) is 17.4 Å². The van der Waals surface area contributed by atoms with Crippen LogP contribution in [-0.4, -0.2) is 30.3 Å². The first-order chi connectivity index (χ1) is 13.0. The Balaban J connectivity index is 1.65. The molecule has 2 aromatic carbocycles. The van der Waals surface area contributed by atoms with Crippen molar-refractivity contribution in [1.29, 1.82) is 5.26 Å². The molecule has 0 amide bonds. The number of hydrogen-bond acceptors (Lipinski definition) is 5. The van der Waals surface area contributed by atoms with Crippen molar-refractivity contribution in [2.75, 3.05) is 0 Å². The maximum atomic E-state index is 10.7. The van der Waals surface area contributed by atoms with E-state index in [0.29, 0.717) is 11.0 Å². The summed E-state index contributed by atoms with van der Waals surface area (Å²) in [5.74, 6) is 0.335. The zero-order valence-electron chi connectivity index (χ0n) is 14.8. The van der Waals surface area contributed by atoms with E-state index in [1.165, 1.54) is 11.8 Å². The number of aliphatic hydroxyl groups is 1. The highest BCUT2D eigenvalue weighted by molar-refractivity contribution is 7.99. The molecule has 0 saturated carbocycles. The van der Waals surface area contributed by atoms with Gasteiger partial charge in [0.2, 0.25) is 0 Å². The summed E-state index contributed by atoms with van der Waals surface area (Å²) in [5, 5.41) is 20.6. The summed E-state index contributed by atoms with van der Waals surface area (Å²) in [5.41, 5.74) is 4.68. The lowest BCUT2D eigenvalue weighted by Crippen LogP contribution is -2.05. The zero-order valence-corrected chi connectivity index (χ0v) is 15.6. The smallest absolute Gasteiger partial charge is 0.167 e. The third kappa shape index (κ3) is 3.27. The summed E-state index contributed by atoms with van der Waals surface area (Å²) in [6, 6.07) is 15.6. The van der Waals surface area contributed by atoms with Crippen LogP contribution in [0.2, 0.25) is 0 Å². The van der Waals surface area contributed by atoms with Gasteiger partial charge in [0, 0.05) is 0 Å². The monoisotopic (exact) mass is 375 g/mol. The number of fused-ring (bicyclic) bond motifs is 2. The Morgan fingerprint density at radius 3 is 2.67 bits per heavy atom. The third-order valence-corrected chi connectivity index (χ3v) is 5.28. The molecule has 27 heavy (non-hydrogen) atoms. The maximum Gasteiger partial charge on any atom is 0.167 e. The molecule has 0 radical (unpaired) electrons. The SMILES string of the molecule is Cc1ccc2nc(SC(C)/C(O)=C(\C#N)c3nc4ccccc4[nH]3)[nH]c2c1. The average molecular weight is 375 g/mol. The van der Waals surface area contributed by atoms with Gasteiger partial charge in [0.15, 0.2) is 11.0 Å². The minimum Gasteiger partial charge on any atom is -0.510 e. The predicted molar refractivity (Wildman–Crippen MR) is 107 cm³/mol. The summed E-state index contributed by atoms with van der Waals surface area (Å²) >= 11 is 1.36. The maximum absolute atomic E-state index is 10.7. The van der Waals surface area contributed by atoms with Crippen LogP contribution in [0.1, 0.15) is 18.3 Å². The van der Waals surface area contributed by atoms with Gasteiger partial charge in [-0.3, -0.25) is 0 Å². The number of para-hydroxylation sites is 2. The number of imidazole rings is 2. The molecule has 0 aliphatic carbocycles. The highest BCUT2D eigenvalue weighted by atomic mass is 32.2. The Morgan fingerprint density at radius 1 is 1.11 bits per heavy atom. The molecule has 7 heteroatoms. The van der Waals surface area contributed by atoms with Crippen LogP contribution in [0.4, 0.5) is 0 Å². The lowest BCUT2D eigenvalue weighted by Gasteiger charge is -2.09. The third-order valence-electron chi connectivity index (χ3n) is 4.28. The Bertz CT molecular complexity index is 1180. The molecule has 3 N–H and O–H groups in total. The molecule has 4 aromatic rings. The van der Waals surface area contributed by atoms with Gasteiger partial charge in [-0.05, 0) is 43.7 Å². The van der Waals surface area contributed by atoms with E-state index in [2.05, 4.69) is 26.0 Å². The largest absolute Gasteiger partial charge is 0.510 e. The van der Waals surface area contributed by atoms with Crippen molar-refractivity contribution in [2.24, 2.45) is 0 Å². The van der Waals surface area contributed by atoms with Crippen LogP contribution in [-0.2, 0) is 0 Å². The first-order valence-electron chi connectivity index (χ1n) is 8.46. The first-order valence-corrected chi connectivity index (χ1v) is 9.34. The van der Waals surface area contributed by atoms with Gasteiger partial charge >= 0.3 is 0 Å². The van der Waals surface area contributed by atoms with Crippen LogP contribution in [0.5, 0.6) is 0 Å². The van der Waals surface area contributed by atoms with Crippen LogP contribution in [0.3, 0.4) is 0 Å². The van der Waals surface area contributed by atoms with E-state index in [-0.39, 0.29) is 16.6 Å². The van der Waals surface area contributed by atoms with Crippen LogP contribution >= 0.6 is 11.8 Å². The Kier molecular flexibility index (Phi) is 4.34. The fourth-order valence-electron chi connectivity index (χ4n) is 2.89. The summed E-state index contributed by atoms with van der Waals surface area (Å²) in [6.45, 7) is 3.86. The molecule has 6 nitrogen and oxygen atoms in total. The van der Waals surface area contributed by atoms with Gasteiger partial charge in [0.25, 0.3) is 0 Å². The fourth-order valence-corrected chi connectivity index (χ4v) is 3.77. The molecule has 1 atom stereocenters. The Hall–Kier alpha value is -3.24. The van der Waals surface area contributed by atoms with E-state index in [1.54, 1.807) is 0 Å². The first kappa shape index (κ1) is 17.2. The number of benzene rings is 2. The number of nitriles is 1. The van der Waals surface area contributed by atoms with Crippen molar-refractivity contribution in [3.05, 3.63) is 59.6 Å². The number of nitrogens with zero attached hydrogens (tertiary/aromatic N) is 3. The summed E-state index contributed by atoms with van der Waals surface area (Å²) < 4.78 is 0. The van der Waals surface area contributed by atoms with Crippen molar-refractivity contribution in [3.63, 3.8) is 0 Å². The van der Waals surface area contributed by atoms with Crippen LogP contribution in [0.25, 0.3) is 27.6 Å². The van der Waals surface area contributed by atoms with Crippen LogP contribution in [0, 0.1) is 18.3 Å². The van der Waals surface area contributed by atoms with Gasteiger partial charge in [-0.25, -0.2) is 9.97 Å². The van der Waals surface area contributed by atoms with Gasteiger partial charge in [0.05, 0.1) is 27.3 Å². The van der Waals surface area contributed by atoms with Crippen molar-refractivity contribution >= 4 is 39.4 Å². The molecular formula is C20H17N5OS. The summed E-state index contributed by atoms with van der Waals surface area (Å²) in [6.07, 6.45) is 0. The predicted octanol–water partition coefficient (Wildman–Crippen LogP) is 4.72. The van der Waals surface area contributed by atoms with E-state index in [0.717, 1.165) is 27.6 Å². The number of rotatable bonds is 4. The molecule has 0 saturated heterocycles. The van der Waals surface area contributed by atoms with Gasteiger partial charge in [-0.1, -0.05) is 30.0 Å². The second kappa shape index (κ2) is 6.82. The van der Waals surface area contributed by atoms with E-state index >= 15 is 0 Å². The van der Waals surface area contributed by atoms with Gasteiger partial charge in [-0.15, -0.1) is 0 Å². The van der Waals surface area contributed by atoms with Crippen LogP contribution in [0.15, 0.2) is 53.4 Å². The molecule has 1 unspecified atom stereocenters. The van der Waals surface area contributed by atoms with Crippen molar-refractivity contribution < 1.29 is 5.11 Å². The van der Waals surface area contributed by atoms with E-state index in [4.69, 9.17) is 0 Å². The number of hydrogen-bond donors (Lipinski definition) is 3. The standard InChI is InChI=1S/C20H17N5OS/c1-11-7-8-16-17(9-11)25-20(24-16)27-12(2)18(26)13(10-21)19-22-14-5-3-4-6-15(14)23-19/h3-9,12,26H,1-2H3,(H,22,23)(H,24,25)/b18-13-. The normalized spacial score (nSPS) is 13.5. The molecule has 134 valence electrons. The molecule has 0 spiro atoms. The molecule has 0 fully saturated rings. The molecule has 0 aliphatic heterocycles. The van der Waals surface area contributed by atoms with E-state index in [9.17, 15) is 10.4 Å². The van der Waals surface area contributed by atoms with Crippen molar-refractivity contribution in [3.8, 4) is 6.07 Å². The number of aromatic nitrogens is 4. The van der Waals surface area contributed by atoms with E-state index in [1.807, 2.05) is 56.3 Å². The summed E-state index contributed by atoms with van der Waals surface area (Å²) in [7, 11) is 0. The number of H-pyrrole nitrogens is 2. The highest BCUT2D eigenvalue weighted by Crippen LogP contribution is 2.30. The number of aromatic amines is 2. The number of thioether (sulfide) groups is 1. The van der Waals surface area contributed by atoms with Gasteiger partial charge < -0.3 is 15.1 Å².